The number of carbonyl (C=O) groups excluding carboxylic acids is 2. The van der Waals surface area contributed by atoms with Crippen LogP contribution in [0.1, 0.15) is 30.4 Å². The number of hydrogen-bond acceptors (Lipinski definition) is 3. The number of carbonyl (C=O) groups is 2. The fraction of sp³-hybridized carbons (Fsp3) is 0.417. The van der Waals surface area contributed by atoms with Crippen LogP contribution in [0, 0.1) is 23.1 Å². The van der Waals surface area contributed by atoms with Crippen LogP contribution in [0.15, 0.2) is 42.5 Å². The smallest absolute Gasteiger partial charge is 0.233 e. The maximum Gasteiger partial charge on any atom is 0.233 e. The molecule has 1 heterocycles. The summed E-state index contributed by atoms with van der Waals surface area (Å²) >= 11 is 0. The van der Waals surface area contributed by atoms with E-state index in [2.05, 4.69) is 17.4 Å². The van der Waals surface area contributed by atoms with E-state index in [1.165, 1.54) is 11.6 Å². The summed E-state index contributed by atoms with van der Waals surface area (Å²) in [5.41, 5.74) is 13.0. The van der Waals surface area contributed by atoms with Crippen LogP contribution in [0.2, 0.25) is 0 Å². The zero-order chi connectivity index (χ0) is 21.3. The fourth-order valence-electron chi connectivity index (χ4n) is 4.79. The minimum absolute atomic E-state index is 0.225. The molecule has 0 spiro atoms. The Morgan fingerprint density at radius 1 is 1.00 bits per heavy atom. The van der Waals surface area contributed by atoms with Gasteiger partial charge < -0.3 is 16.8 Å². The molecule has 6 heteroatoms. The van der Waals surface area contributed by atoms with Gasteiger partial charge in [0.05, 0.1) is 0 Å². The lowest BCUT2D eigenvalue weighted by molar-refractivity contribution is -0.134. The summed E-state index contributed by atoms with van der Waals surface area (Å²) in [6.45, 7) is 2.11. The molecule has 0 bridgehead atoms. The Hall–Kier alpha value is -2.73. The Bertz CT molecular complexity index is 955. The quantitative estimate of drug-likeness (QED) is 0.613. The molecular weight excluding hydrogens is 381 g/mol. The number of halogens is 1. The van der Waals surface area contributed by atoms with Crippen molar-refractivity contribution in [1.29, 1.82) is 0 Å². The van der Waals surface area contributed by atoms with Gasteiger partial charge in [-0.15, -0.1) is 0 Å². The topological polar surface area (TPSA) is 98.2 Å². The summed E-state index contributed by atoms with van der Waals surface area (Å²) in [6, 6.07) is 13.0. The third-order valence-corrected chi connectivity index (χ3v) is 6.72. The van der Waals surface area contributed by atoms with Gasteiger partial charge in [-0.3, -0.25) is 9.59 Å². The van der Waals surface area contributed by atoms with E-state index in [1.807, 2.05) is 18.2 Å². The van der Waals surface area contributed by atoms with Crippen LogP contribution in [0.5, 0.6) is 0 Å². The fourth-order valence-corrected chi connectivity index (χ4v) is 4.79. The second kappa shape index (κ2) is 8.19. The van der Waals surface area contributed by atoms with E-state index in [4.69, 9.17) is 11.5 Å². The third-order valence-electron chi connectivity index (χ3n) is 6.72. The maximum atomic E-state index is 14.7. The number of benzene rings is 2. The Morgan fingerprint density at radius 3 is 2.37 bits per heavy atom. The van der Waals surface area contributed by atoms with Crippen molar-refractivity contribution in [3.05, 3.63) is 59.4 Å². The highest BCUT2D eigenvalue weighted by Crippen LogP contribution is 2.54. The molecule has 2 aromatic rings. The second-order valence-electron chi connectivity index (χ2n) is 8.72. The van der Waals surface area contributed by atoms with Crippen molar-refractivity contribution in [2.45, 2.75) is 32.1 Å². The first-order chi connectivity index (χ1) is 14.4. The summed E-state index contributed by atoms with van der Waals surface area (Å²) in [7, 11) is 0. The van der Waals surface area contributed by atoms with Crippen molar-refractivity contribution < 1.29 is 14.0 Å². The standard InChI is InChI=1S/C24H28FN3O2/c25-21-5-4-17(12-19-14-24(19,22(26)29)23(27)30)13-20(21)18-3-1-2-16(11-18)10-15-6-8-28-9-7-15/h1-5,11,13,15,19,28H,6-10,12,14H2,(H2,26,29)(H2,27,30). The van der Waals surface area contributed by atoms with Crippen molar-refractivity contribution in [2.24, 2.45) is 28.7 Å². The predicted molar refractivity (Wildman–Crippen MR) is 114 cm³/mol. The number of hydrogen-bond donors (Lipinski definition) is 3. The Balaban J connectivity index is 1.53. The van der Waals surface area contributed by atoms with E-state index >= 15 is 0 Å². The molecule has 158 valence electrons. The van der Waals surface area contributed by atoms with Gasteiger partial charge >= 0.3 is 0 Å². The van der Waals surface area contributed by atoms with Gasteiger partial charge in [0.25, 0.3) is 0 Å². The molecule has 5 nitrogen and oxygen atoms in total. The van der Waals surface area contributed by atoms with Gasteiger partial charge in [0.1, 0.15) is 11.2 Å². The maximum absolute atomic E-state index is 14.7. The first kappa shape index (κ1) is 20.5. The van der Waals surface area contributed by atoms with Crippen molar-refractivity contribution in [2.75, 3.05) is 13.1 Å². The van der Waals surface area contributed by atoms with Gasteiger partial charge in [0, 0.05) is 5.56 Å². The van der Waals surface area contributed by atoms with Gasteiger partial charge in [0.2, 0.25) is 11.8 Å². The lowest BCUT2D eigenvalue weighted by Crippen LogP contribution is -2.38. The molecule has 0 aromatic heterocycles. The average Bonchev–Trinajstić information content (AvgIpc) is 3.46. The van der Waals surface area contributed by atoms with Gasteiger partial charge in [-0.05, 0) is 85.9 Å². The summed E-state index contributed by atoms with van der Waals surface area (Å²) in [5, 5.41) is 3.38. The molecule has 4 rings (SSSR count). The zero-order valence-electron chi connectivity index (χ0n) is 17.0. The van der Waals surface area contributed by atoms with Crippen LogP contribution >= 0.6 is 0 Å². The molecule has 1 atom stereocenters. The molecule has 2 fully saturated rings. The van der Waals surface area contributed by atoms with Crippen LogP contribution in [-0.2, 0) is 22.4 Å². The lowest BCUT2D eigenvalue weighted by atomic mass is 9.89. The molecule has 1 saturated carbocycles. The second-order valence-corrected chi connectivity index (χ2v) is 8.72. The van der Waals surface area contributed by atoms with Crippen molar-refractivity contribution in [3.63, 3.8) is 0 Å². The van der Waals surface area contributed by atoms with Gasteiger partial charge in [-0.1, -0.05) is 30.3 Å². The van der Waals surface area contributed by atoms with E-state index in [1.54, 1.807) is 6.07 Å². The molecule has 1 aliphatic heterocycles. The molecule has 1 saturated heterocycles. The number of piperidine rings is 1. The Morgan fingerprint density at radius 2 is 1.70 bits per heavy atom. The Kier molecular flexibility index (Phi) is 5.60. The number of nitrogens with one attached hydrogen (secondary N) is 1. The van der Waals surface area contributed by atoms with Crippen molar-refractivity contribution >= 4 is 11.8 Å². The predicted octanol–water partition coefficient (Wildman–Crippen LogP) is 2.55. The molecule has 30 heavy (non-hydrogen) atoms. The van der Waals surface area contributed by atoms with Crippen molar-refractivity contribution in [1.82, 2.24) is 5.32 Å². The lowest BCUT2D eigenvalue weighted by Gasteiger charge is -2.22. The first-order valence-electron chi connectivity index (χ1n) is 10.6. The molecular formula is C24H28FN3O2. The van der Waals surface area contributed by atoms with Crippen LogP contribution in [0.3, 0.4) is 0 Å². The van der Waals surface area contributed by atoms with E-state index < -0.39 is 17.2 Å². The van der Waals surface area contributed by atoms with Crippen molar-refractivity contribution in [3.8, 4) is 11.1 Å². The van der Waals surface area contributed by atoms with Crippen LogP contribution in [0.25, 0.3) is 11.1 Å². The molecule has 1 unspecified atom stereocenters. The first-order valence-corrected chi connectivity index (χ1v) is 10.6. The summed E-state index contributed by atoms with van der Waals surface area (Å²) < 4.78 is 14.7. The van der Waals surface area contributed by atoms with Gasteiger partial charge in [-0.25, -0.2) is 4.39 Å². The van der Waals surface area contributed by atoms with E-state index in [9.17, 15) is 14.0 Å². The van der Waals surface area contributed by atoms with E-state index in [-0.39, 0.29) is 11.7 Å². The molecule has 5 N–H and O–H groups in total. The number of amides is 2. The number of nitrogens with two attached hydrogens (primary N) is 2. The third kappa shape index (κ3) is 3.97. The minimum atomic E-state index is -1.26. The van der Waals surface area contributed by atoms with Gasteiger partial charge in [-0.2, -0.15) is 0 Å². The molecule has 2 amide bonds. The minimum Gasteiger partial charge on any atom is -0.369 e. The Labute approximate surface area is 176 Å². The van der Waals surface area contributed by atoms with Crippen LogP contribution in [0.4, 0.5) is 4.39 Å². The summed E-state index contributed by atoms with van der Waals surface area (Å²) in [4.78, 5) is 23.5. The number of rotatable bonds is 7. The largest absolute Gasteiger partial charge is 0.369 e. The summed E-state index contributed by atoms with van der Waals surface area (Å²) in [5.74, 6) is -1.20. The molecule has 1 aliphatic carbocycles. The van der Waals surface area contributed by atoms with E-state index in [0.29, 0.717) is 24.3 Å². The summed E-state index contributed by atoms with van der Waals surface area (Å²) in [6.07, 6.45) is 4.15. The molecule has 2 aromatic carbocycles. The average molecular weight is 410 g/mol. The van der Waals surface area contributed by atoms with Crippen LogP contribution < -0.4 is 16.8 Å². The number of primary amides is 2. The van der Waals surface area contributed by atoms with E-state index in [0.717, 1.165) is 43.5 Å². The highest BCUT2D eigenvalue weighted by molar-refractivity contribution is 6.07. The molecule has 2 aliphatic rings. The monoisotopic (exact) mass is 409 g/mol. The molecule has 0 radical (unpaired) electrons. The highest BCUT2D eigenvalue weighted by atomic mass is 19.1. The normalized spacial score (nSPS) is 20.6. The van der Waals surface area contributed by atoms with Crippen LogP contribution in [-0.4, -0.2) is 24.9 Å². The van der Waals surface area contributed by atoms with Gasteiger partial charge in [0.15, 0.2) is 0 Å². The highest BCUT2D eigenvalue weighted by Gasteiger charge is 2.63. The SMILES string of the molecule is NC(=O)C1(C(N)=O)CC1Cc1ccc(F)c(-c2cccc(CC3CCNCC3)c2)c1. The zero-order valence-corrected chi connectivity index (χ0v) is 17.0.